The molecule has 0 saturated carbocycles. The fourth-order valence-electron chi connectivity index (χ4n) is 1.13. The molecule has 0 aliphatic carbocycles. The number of aromatic amines is 1. The molecule has 4 N–H and O–H groups in total. The summed E-state index contributed by atoms with van der Waals surface area (Å²) in [6.45, 7) is 1.21. The number of H-pyrrole nitrogens is 1. The molecule has 0 aliphatic rings. The van der Waals surface area contributed by atoms with Crippen LogP contribution in [0.4, 0.5) is 0 Å². The maximum absolute atomic E-state index is 10.9. The van der Waals surface area contributed by atoms with Gasteiger partial charge in [-0.3, -0.25) is 9.80 Å². The summed E-state index contributed by atoms with van der Waals surface area (Å²) in [6, 6.07) is -1.08. The molecule has 7 heteroatoms. The number of hydrazine groups is 1. The lowest BCUT2D eigenvalue weighted by Crippen LogP contribution is -2.49. The van der Waals surface area contributed by atoms with Crippen molar-refractivity contribution in [3.05, 3.63) is 18.2 Å². The highest BCUT2D eigenvalue weighted by Crippen LogP contribution is 2.04. The van der Waals surface area contributed by atoms with Crippen LogP contribution in [0.2, 0.25) is 0 Å². The Hall–Kier alpha value is -1.89. The Morgan fingerprint density at radius 3 is 2.80 bits per heavy atom. The molecule has 0 aliphatic heterocycles. The monoisotopic (exact) mass is 212 g/mol. The molecule has 1 aromatic rings. The van der Waals surface area contributed by atoms with Crippen LogP contribution in [0.25, 0.3) is 0 Å². The van der Waals surface area contributed by atoms with Gasteiger partial charge in [0.15, 0.2) is 6.04 Å². The van der Waals surface area contributed by atoms with Gasteiger partial charge in [-0.1, -0.05) is 0 Å². The van der Waals surface area contributed by atoms with Gasteiger partial charge in [0.05, 0.1) is 6.33 Å². The second-order valence-electron chi connectivity index (χ2n) is 3.06. The van der Waals surface area contributed by atoms with Gasteiger partial charge in [0, 0.05) is 25.2 Å². The summed E-state index contributed by atoms with van der Waals surface area (Å²) in [7, 11) is 0. The van der Waals surface area contributed by atoms with E-state index < -0.39 is 17.9 Å². The van der Waals surface area contributed by atoms with E-state index in [1.807, 2.05) is 0 Å². The predicted molar refractivity (Wildman–Crippen MR) is 50.4 cm³/mol. The minimum absolute atomic E-state index is 0.103. The Bertz CT molecular complexity index is 349. The zero-order valence-corrected chi connectivity index (χ0v) is 8.17. The maximum atomic E-state index is 10.9. The number of carboxylic acids is 1. The summed E-state index contributed by atoms with van der Waals surface area (Å²) in [5, 5.41) is 9.58. The lowest BCUT2D eigenvalue weighted by atomic mass is 10.1. The van der Waals surface area contributed by atoms with Crippen LogP contribution in [0.1, 0.15) is 12.6 Å². The summed E-state index contributed by atoms with van der Waals surface area (Å²) < 4.78 is 0. The Kier molecular flexibility index (Phi) is 3.40. The number of imidazole rings is 1. The summed E-state index contributed by atoms with van der Waals surface area (Å²) in [5.74, 6) is 3.70. The topological polar surface area (TPSA) is 112 Å². The standard InChI is InChI=1S/C8H12N4O3/c1-5(13)12(9)7(8(14)15)2-6-3-10-4-11-6/h3-4,7H,2,9H2,1H3,(H,10,11)(H,14,15)/t7-/m0/s1. The number of nitrogens with two attached hydrogens (primary N) is 1. The largest absolute Gasteiger partial charge is 0.480 e. The van der Waals surface area contributed by atoms with E-state index in [-0.39, 0.29) is 6.42 Å². The third kappa shape index (κ3) is 2.78. The summed E-state index contributed by atoms with van der Waals surface area (Å²) in [6.07, 6.45) is 3.03. The number of carboxylic acid groups (broad SMARTS) is 1. The van der Waals surface area contributed by atoms with Gasteiger partial charge in [-0.15, -0.1) is 0 Å². The fourth-order valence-corrected chi connectivity index (χ4v) is 1.13. The van der Waals surface area contributed by atoms with E-state index in [4.69, 9.17) is 10.9 Å². The third-order valence-corrected chi connectivity index (χ3v) is 1.95. The van der Waals surface area contributed by atoms with Gasteiger partial charge in [-0.2, -0.15) is 0 Å². The van der Waals surface area contributed by atoms with Gasteiger partial charge in [-0.05, 0) is 0 Å². The zero-order chi connectivity index (χ0) is 11.4. The van der Waals surface area contributed by atoms with E-state index >= 15 is 0 Å². The first kappa shape index (κ1) is 11.2. The number of carbonyl (C=O) groups is 2. The molecule has 1 rings (SSSR count). The van der Waals surface area contributed by atoms with Crippen molar-refractivity contribution in [2.45, 2.75) is 19.4 Å². The van der Waals surface area contributed by atoms with Crippen molar-refractivity contribution < 1.29 is 14.7 Å². The third-order valence-electron chi connectivity index (χ3n) is 1.95. The lowest BCUT2D eigenvalue weighted by molar-refractivity contribution is -0.149. The van der Waals surface area contributed by atoms with Gasteiger partial charge >= 0.3 is 5.97 Å². The number of hydrogen-bond donors (Lipinski definition) is 3. The highest BCUT2D eigenvalue weighted by Gasteiger charge is 2.26. The van der Waals surface area contributed by atoms with Crippen LogP contribution in [0.3, 0.4) is 0 Å². The Morgan fingerprint density at radius 1 is 1.73 bits per heavy atom. The molecule has 0 unspecified atom stereocenters. The molecule has 0 bridgehead atoms. The second kappa shape index (κ2) is 4.56. The molecule has 0 radical (unpaired) electrons. The highest BCUT2D eigenvalue weighted by atomic mass is 16.4. The van der Waals surface area contributed by atoms with Crippen molar-refractivity contribution >= 4 is 11.9 Å². The quantitative estimate of drug-likeness (QED) is 0.341. The van der Waals surface area contributed by atoms with Crippen LogP contribution < -0.4 is 5.84 Å². The number of nitrogens with zero attached hydrogens (tertiary/aromatic N) is 2. The molecule has 0 saturated heterocycles. The first-order valence-corrected chi connectivity index (χ1v) is 4.27. The minimum atomic E-state index is -1.15. The maximum Gasteiger partial charge on any atom is 0.328 e. The van der Waals surface area contributed by atoms with Crippen molar-refractivity contribution in [3.63, 3.8) is 0 Å². The number of hydrogen-bond acceptors (Lipinski definition) is 4. The van der Waals surface area contributed by atoms with Crippen LogP contribution in [0.15, 0.2) is 12.5 Å². The van der Waals surface area contributed by atoms with Crippen molar-refractivity contribution in [2.75, 3.05) is 0 Å². The van der Waals surface area contributed by atoms with Crippen LogP contribution in [-0.2, 0) is 16.0 Å². The van der Waals surface area contributed by atoms with Crippen molar-refractivity contribution in [2.24, 2.45) is 5.84 Å². The molecule has 1 atom stereocenters. The average Bonchev–Trinajstić information content (AvgIpc) is 2.64. The molecule has 15 heavy (non-hydrogen) atoms. The number of rotatable bonds is 4. The zero-order valence-electron chi connectivity index (χ0n) is 8.17. The van der Waals surface area contributed by atoms with Gasteiger partial charge in [-0.25, -0.2) is 15.6 Å². The Labute approximate surface area is 85.9 Å². The van der Waals surface area contributed by atoms with E-state index in [0.717, 1.165) is 0 Å². The molecule has 1 amide bonds. The second-order valence-corrected chi connectivity index (χ2v) is 3.06. The average molecular weight is 212 g/mol. The molecule has 0 spiro atoms. The van der Waals surface area contributed by atoms with Gasteiger partial charge in [0.25, 0.3) is 0 Å². The minimum Gasteiger partial charge on any atom is -0.480 e. The van der Waals surface area contributed by atoms with Crippen LogP contribution >= 0.6 is 0 Å². The molecule has 1 aromatic heterocycles. The van der Waals surface area contributed by atoms with E-state index in [9.17, 15) is 9.59 Å². The molecule has 1 heterocycles. The van der Waals surface area contributed by atoms with Crippen LogP contribution in [-0.4, -0.2) is 38.0 Å². The van der Waals surface area contributed by atoms with E-state index in [2.05, 4.69) is 9.97 Å². The number of carbonyl (C=O) groups excluding carboxylic acids is 1. The van der Waals surface area contributed by atoms with Crippen molar-refractivity contribution in [1.82, 2.24) is 15.0 Å². The number of aliphatic carboxylic acids is 1. The highest BCUT2D eigenvalue weighted by molar-refractivity contribution is 5.81. The first-order valence-electron chi connectivity index (χ1n) is 4.27. The smallest absolute Gasteiger partial charge is 0.328 e. The van der Waals surface area contributed by atoms with E-state index in [0.29, 0.717) is 10.7 Å². The SMILES string of the molecule is CC(=O)N(N)[C@@H](Cc1cnc[nH]1)C(=O)O. The summed E-state index contributed by atoms with van der Waals surface area (Å²) in [5.41, 5.74) is 0.610. The number of aromatic nitrogens is 2. The molecular formula is C8H12N4O3. The van der Waals surface area contributed by atoms with E-state index in [1.54, 1.807) is 0 Å². The molecule has 0 aromatic carbocycles. The van der Waals surface area contributed by atoms with Gasteiger partial charge < -0.3 is 10.1 Å². The normalized spacial score (nSPS) is 12.1. The van der Waals surface area contributed by atoms with Crippen molar-refractivity contribution in [1.29, 1.82) is 0 Å². The Balaban J connectivity index is 2.75. The van der Waals surface area contributed by atoms with Crippen molar-refractivity contribution in [3.8, 4) is 0 Å². The fraction of sp³-hybridized carbons (Fsp3) is 0.375. The molecular weight excluding hydrogens is 200 g/mol. The molecule has 82 valence electrons. The molecule has 0 fully saturated rings. The number of nitrogens with one attached hydrogen (secondary N) is 1. The van der Waals surface area contributed by atoms with Gasteiger partial charge in [0.2, 0.25) is 5.91 Å². The summed E-state index contributed by atoms with van der Waals surface area (Å²) in [4.78, 5) is 28.3. The van der Waals surface area contributed by atoms with Gasteiger partial charge in [0.1, 0.15) is 0 Å². The number of amides is 1. The first-order chi connectivity index (χ1) is 7.02. The van der Waals surface area contributed by atoms with Crippen LogP contribution in [0.5, 0.6) is 0 Å². The lowest BCUT2D eigenvalue weighted by Gasteiger charge is -2.21. The molecule has 7 nitrogen and oxygen atoms in total. The summed E-state index contributed by atoms with van der Waals surface area (Å²) >= 11 is 0. The predicted octanol–water partition coefficient (Wildman–Crippen LogP) is -0.872. The Morgan fingerprint density at radius 2 is 2.40 bits per heavy atom. The van der Waals surface area contributed by atoms with E-state index in [1.165, 1.54) is 19.4 Å². The van der Waals surface area contributed by atoms with Crippen LogP contribution in [0, 0.1) is 0 Å².